The molecule has 2 aromatic carbocycles. The van der Waals surface area contributed by atoms with E-state index in [4.69, 9.17) is 11.6 Å². The number of hydrogen-bond donors (Lipinski definition) is 1. The van der Waals surface area contributed by atoms with Crippen molar-refractivity contribution in [3.63, 3.8) is 0 Å². The van der Waals surface area contributed by atoms with E-state index in [0.717, 1.165) is 30.6 Å². The van der Waals surface area contributed by atoms with Crippen molar-refractivity contribution in [1.29, 1.82) is 0 Å². The second-order valence-corrected chi connectivity index (χ2v) is 8.09. The van der Waals surface area contributed by atoms with E-state index in [1.165, 1.54) is 28.9 Å². The van der Waals surface area contributed by atoms with Crippen molar-refractivity contribution in [3.05, 3.63) is 81.4 Å². The van der Waals surface area contributed by atoms with Crippen LogP contribution in [0, 0.1) is 18.7 Å². The molecule has 0 aliphatic carbocycles. The predicted octanol–water partition coefficient (Wildman–Crippen LogP) is 4.19. The Bertz CT molecular complexity index is 1180. The maximum absolute atomic E-state index is 13.6. The molecule has 3 aromatic rings. The van der Waals surface area contributed by atoms with Gasteiger partial charge in [-0.25, -0.2) is 4.39 Å². The van der Waals surface area contributed by atoms with Gasteiger partial charge >= 0.3 is 0 Å². The molecule has 1 fully saturated rings. The molecular weight excluding hydrogens is 419 g/mol. The first-order valence-corrected chi connectivity index (χ1v) is 10.5. The smallest absolute Gasteiger partial charge is 0.271 e. The summed E-state index contributed by atoms with van der Waals surface area (Å²) in [6.45, 7) is 3.10. The number of piperidine rings is 1. The molecule has 8 heteroatoms. The molecule has 0 unspecified atom stereocenters. The Kier molecular flexibility index (Phi) is 6.04. The number of carbonyl (C=O) groups excluding carboxylic acids is 1. The minimum atomic E-state index is -0.441. The van der Waals surface area contributed by atoms with Crippen molar-refractivity contribution >= 4 is 29.0 Å². The van der Waals surface area contributed by atoms with Crippen LogP contribution in [0.4, 0.5) is 15.9 Å². The summed E-state index contributed by atoms with van der Waals surface area (Å²) in [6, 6.07) is 14.1. The summed E-state index contributed by atoms with van der Waals surface area (Å²) < 4.78 is 14.8. The average molecular weight is 441 g/mol. The van der Waals surface area contributed by atoms with E-state index in [1.807, 2.05) is 17.9 Å². The Hall–Kier alpha value is -3.19. The molecule has 31 heavy (non-hydrogen) atoms. The second kappa shape index (κ2) is 8.89. The summed E-state index contributed by atoms with van der Waals surface area (Å²) in [5.41, 5.74) is 1.65. The van der Waals surface area contributed by atoms with Crippen LogP contribution in [0.5, 0.6) is 0 Å². The first kappa shape index (κ1) is 21.1. The third kappa shape index (κ3) is 4.77. The van der Waals surface area contributed by atoms with Crippen LogP contribution in [0.1, 0.15) is 18.4 Å². The summed E-state index contributed by atoms with van der Waals surface area (Å²) in [7, 11) is 0. The topological polar surface area (TPSA) is 67.2 Å². The summed E-state index contributed by atoms with van der Waals surface area (Å²) in [4.78, 5) is 27.1. The van der Waals surface area contributed by atoms with Crippen LogP contribution >= 0.6 is 11.6 Å². The van der Waals surface area contributed by atoms with Gasteiger partial charge in [-0.3, -0.25) is 9.59 Å². The summed E-state index contributed by atoms with van der Waals surface area (Å²) >= 11 is 5.99. The first-order valence-electron chi connectivity index (χ1n) is 10.1. The number of benzene rings is 2. The fourth-order valence-corrected chi connectivity index (χ4v) is 3.99. The zero-order valence-corrected chi connectivity index (χ0v) is 17.8. The van der Waals surface area contributed by atoms with Crippen molar-refractivity contribution in [1.82, 2.24) is 9.78 Å². The van der Waals surface area contributed by atoms with Crippen molar-refractivity contribution in [2.24, 2.45) is 5.92 Å². The fourth-order valence-electron chi connectivity index (χ4n) is 3.76. The van der Waals surface area contributed by atoms with Crippen LogP contribution in [-0.2, 0) is 4.79 Å². The molecule has 0 radical (unpaired) electrons. The quantitative estimate of drug-likeness (QED) is 0.660. The molecule has 0 saturated carbocycles. The number of nitrogens with one attached hydrogen (secondary N) is 1. The standard InChI is InChI=1S/C23H22ClFN4O2/c1-15-12-17(24)7-8-20(15)26-23(31)16-4-3-11-28(14-16)21-9-10-22(30)29(27-21)19-6-2-5-18(25)13-19/h2,5-10,12-13,16H,3-4,11,14H2,1H3,(H,26,31)/t16-/m1/s1. The van der Waals surface area contributed by atoms with Crippen molar-refractivity contribution in [2.75, 3.05) is 23.3 Å². The molecule has 2 heterocycles. The monoisotopic (exact) mass is 440 g/mol. The SMILES string of the molecule is Cc1cc(Cl)ccc1NC(=O)[C@@H]1CCCN(c2ccc(=O)n(-c3cccc(F)c3)n2)C1. The molecular formula is C23H22ClFN4O2. The summed E-state index contributed by atoms with van der Waals surface area (Å²) in [5, 5.41) is 8.04. The summed E-state index contributed by atoms with van der Waals surface area (Å²) in [6.07, 6.45) is 1.58. The predicted molar refractivity (Wildman–Crippen MR) is 120 cm³/mol. The highest BCUT2D eigenvalue weighted by molar-refractivity contribution is 6.30. The third-order valence-corrected chi connectivity index (χ3v) is 5.64. The van der Waals surface area contributed by atoms with Crippen LogP contribution in [0.15, 0.2) is 59.4 Å². The molecule has 1 aliphatic heterocycles. The van der Waals surface area contributed by atoms with E-state index in [2.05, 4.69) is 10.4 Å². The number of carbonyl (C=O) groups is 1. The second-order valence-electron chi connectivity index (χ2n) is 7.66. The molecule has 4 rings (SSSR count). The van der Waals surface area contributed by atoms with E-state index in [0.29, 0.717) is 23.1 Å². The number of amides is 1. The van der Waals surface area contributed by atoms with Crippen molar-refractivity contribution in [2.45, 2.75) is 19.8 Å². The fraction of sp³-hybridized carbons (Fsp3) is 0.261. The van der Waals surface area contributed by atoms with Gasteiger partial charge in [-0.15, -0.1) is 5.10 Å². The number of aromatic nitrogens is 2. The van der Waals surface area contributed by atoms with E-state index >= 15 is 0 Å². The Balaban J connectivity index is 1.52. The highest BCUT2D eigenvalue weighted by Crippen LogP contribution is 2.25. The zero-order chi connectivity index (χ0) is 22.0. The number of nitrogens with zero attached hydrogens (tertiary/aromatic N) is 3. The number of anilines is 2. The molecule has 1 atom stereocenters. The minimum Gasteiger partial charge on any atom is -0.354 e. The molecule has 0 bridgehead atoms. The van der Waals surface area contributed by atoms with Crippen LogP contribution in [-0.4, -0.2) is 28.8 Å². The molecule has 1 saturated heterocycles. The summed E-state index contributed by atoms with van der Waals surface area (Å²) in [5.74, 6) is -0.151. The average Bonchev–Trinajstić information content (AvgIpc) is 2.76. The van der Waals surface area contributed by atoms with E-state index in [9.17, 15) is 14.0 Å². The Labute approximate surface area is 184 Å². The highest BCUT2D eigenvalue weighted by Gasteiger charge is 2.27. The first-order chi connectivity index (χ1) is 14.9. The molecule has 6 nitrogen and oxygen atoms in total. The maximum atomic E-state index is 13.6. The van der Waals surface area contributed by atoms with E-state index in [1.54, 1.807) is 24.3 Å². The van der Waals surface area contributed by atoms with Crippen LogP contribution in [0.3, 0.4) is 0 Å². The minimum absolute atomic E-state index is 0.0615. The van der Waals surface area contributed by atoms with Crippen molar-refractivity contribution in [3.8, 4) is 5.69 Å². The van der Waals surface area contributed by atoms with Gasteiger partial charge in [-0.2, -0.15) is 4.68 Å². The molecule has 1 aromatic heterocycles. The zero-order valence-electron chi connectivity index (χ0n) is 17.0. The Morgan fingerprint density at radius 2 is 2.03 bits per heavy atom. The molecule has 1 amide bonds. The van der Waals surface area contributed by atoms with E-state index < -0.39 is 5.82 Å². The van der Waals surface area contributed by atoms with Gasteiger partial charge in [0.1, 0.15) is 11.6 Å². The molecule has 1 aliphatic rings. The van der Waals surface area contributed by atoms with Gasteiger partial charge in [-0.05, 0) is 67.8 Å². The normalized spacial score (nSPS) is 16.2. The molecule has 0 spiro atoms. The van der Waals surface area contributed by atoms with Crippen LogP contribution in [0.2, 0.25) is 5.02 Å². The van der Waals surface area contributed by atoms with Gasteiger partial charge in [0.2, 0.25) is 5.91 Å². The van der Waals surface area contributed by atoms with Gasteiger partial charge in [0.25, 0.3) is 5.56 Å². The number of hydrogen-bond acceptors (Lipinski definition) is 4. The van der Waals surface area contributed by atoms with Crippen molar-refractivity contribution < 1.29 is 9.18 Å². The number of aryl methyl sites for hydroxylation is 1. The van der Waals surface area contributed by atoms with E-state index in [-0.39, 0.29) is 17.4 Å². The third-order valence-electron chi connectivity index (χ3n) is 5.40. The highest BCUT2D eigenvalue weighted by atomic mass is 35.5. The number of rotatable bonds is 4. The Morgan fingerprint density at radius 3 is 2.81 bits per heavy atom. The van der Waals surface area contributed by atoms with Gasteiger partial charge < -0.3 is 10.2 Å². The van der Waals surface area contributed by atoms with Crippen LogP contribution in [0.25, 0.3) is 5.69 Å². The maximum Gasteiger partial charge on any atom is 0.271 e. The largest absolute Gasteiger partial charge is 0.354 e. The van der Waals surface area contributed by atoms with Gasteiger partial charge in [-0.1, -0.05) is 17.7 Å². The Morgan fingerprint density at radius 1 is 1.19 bits per heavy atom. The molecule has 160 valence electrons. The van der Waals surface area contributed by atoms with Gasteiger partial charge in [0, 0.05) is 29.9 Å². The molecule has 1 N–H and O–H groups in total. The lowest BCUT2D eigenvalue weighted by molar-refractivity contribution is -0.120. The lowest BCUT2D eigenvalue weighted by Gasteiger charge is -2.33. The number of halogens is 2. The van der Waals surface area contributed by atoms with Gasteiger partial charge in [0.05, 0.1) is 11.6 Å². The lowest BCUT2D eigenvalue weighted by atomic mass is 9.97. The lowest BCUT2D eigenvalue weighted by Crippen LogP contribution is -2.41. The van der Waals surface area contributed by atoms with Gasteiger partial charge in [0.15, 0.2) is 0 Å². The van der Waals surface area contributed by atoms with Crippen LogP contribution < -0.4 is 15.8 Å².